The number of hydrogen-bond acceptors (Lipinski definition) is 3. The van der Waals surface area contributed by atoms with E-state index < -0.39 is 18.3 Å². The van der Waals surface area contributed by atoms with Gasteiger partial charge in [0.1, 0.15) is 6.04 Å². The molecule has 0 saturated carbocycles. The SMILES string of the molecule is CCC(N)C(N(CC)C(C)COC)C(F)(F)F. The van der Waals surface area contributed by atoms with Crippen LogP contribution >= 0.6 is 0 Å². The van der Waals surface area contributed by atoms with E-state index in [0.717, 1.165) is 0 Å². The summed E-state index contributed by atoms with van der Waals surface area (Å²) in [6, 6.07) is -2.83. The molecule has 0 aromatic heterocycles. The minimum atomic E-state index is -4.31. The zero-order chi connectivity index (χ0) is 13.6. The fourth-order valence-corrected chi connectivity index (χ4v) is 2.02. The van der Waals surface area contributed by atoms with E-state index >= 15 is 0 Å². The number of alkyl halides is 3. The first-order valence-electron chi connectivity index (χ1n) is 5.86. The van der Waals surface area contributed by atoms with Gasteiger partial charge in [-0.05, 0) is 19.9 Å². The topological polar surface area (TPSA) is 38.5 Å². The molecule has 17 heavy (non-hydrogen) atoms. The monoisotopic (exact) mass is 256 g/mol. The number of hydrogen-bond donors (Lipinski definition) is 1. The van der Waals surface area contributed by atoms with Crippen LogP contribution < -0.4 is 5.73 Å². The van der Waals surface area contributed by atoms with Crippen molar-refractivity contribution in [3.63, 3.8) is 0 Å². The van der Waals surface area contributed by atoms with E-state index in [1.807, 2.05) is 0 Å². The van der Waals surface area contributed by atoms with E-state index in [0.29, 0.717) is 13.0 Å². The molecule has 0 amide bonds. The number of ether oxygens (including phenoxy) is 1. The maximum absolute atomic E-state index is 13.0. The van der Waals surface area contributed by atoms with E-state index in [1.54, 1.807) is 20.8 Å². The minimum absolute atomic E-state index is 0.261. The smallest absolute Gasteiger partial charge is 0.383 e. The third kappa shape index (κ3) is 4.81. The van der Waals surface area contributed by atoms with Crippen LogP contribution in [0.5, 0.6) is 0 Å². The number of rotatable bonds is 7. The van der Waals surface area contributed by atoms with Crippen LogP contribution in [0.1, 0.15) is 27.2 Å². The van der Waals surface area contributed by atoms with Crippen molar-refractivity contribution in [2.75, 3.05) is 20.3 Å². The Bertz CT molecular complexity index is 211. The average molecular weight is 256 g/mol. The van der Waals surface area contributed by atoms with Gasteiger partial charge in [-0.3, -0.25) is 4.90 Å². The van der Waals surface area contributed by atoms with Crippen molar-refractivity contribution in [2.24, 2.45) is 5.73 Å². The van der Waals surface area contributed by atoms with Crippen molar-refractivity contribution < 1.29 is 17.9 Å². The molecular weight excluding hydrogens is 233 g/mol. The number of likely N-dealkylation sites (N-methyl/N-ethyl adjacent to an activating group) is 1. The van der Waals surface area contributed by atoms with Crippen LogP contribution in [0, 0.1) is 0 Å². The zero-order valence-corrected chi connectivity index (χ0v) is 10.9. The lowest BCUT2D eigenvalue weighted by atomic mass is 10.0. The van der Waals surface area contributed by atoms with Crippen LogP contribution in [0.4, 0.5) is 13.2 Å². The van der Waals surface area contributed by atoms with E-state index in [4.69, 9.17) is 10.5 Å². The molecule has 0 aliphatic heterocycles. The lowest BCUT2D eigenvalue weighted by molar-refractivity contribution is -0.196. The molecule has 0 aromatic carbocycles. The zero-order valence-electron chi connectivity index (χ0n) is 10.9. The summed E-state index contributed by atoms with van der Waals surface area (Å²) in [5.41, 5.74) is 5.61. The molecule has 0 spiro atoms. The highest BCUT2D eigenvalue weighted by Gasteiger charge is 2.47. The van der Waals surface area contributed by atoms with Crippen molar-refractivity contribution in [1.29, 1.82) is 0 Å². The summed E-state index contributed by atoms with van der Waals surface area (Å²) in [6.45, 7) is 5.64. The van der Waals surface area contributed by atoms with Gasteiger partial charge in [0, 0.05) is 19.2 Å². The quantitative estimate of drug-likeness (QED) is 0.757. The molecule has 3 nitrogen and oxygen atoms in total. The Morgan fingerprint density at radius 1 is 1.29 bits per heavy atom. The second-order valence-electron chi connectivity index (χ2n) is 4.19. The second kappa shape index (κ2) is 7.18. The van der Waals surface area contributed by atoms with Gasteiger partial charge < -0.3 is 10.5 Å². The molecule has 6 heteroatoms. The van der Waals surface area contributed by atoms with Gasteiger partial charge in [0.25, 0.3) is 0 Å². The molecule has 0 fully saturated rings. The Hall–Kier alpha value is -0.330. The predicted octanol–water partition coefficient (Wildman–Crippen LogP) is 2.01. The molecular formula is C11H23F3N2O. The second-order valence-corrected chi connectivity index (χ2v) is 4.19. The third-order valence-corrected chi connectivity index (χ3v) is 2.91. The van der Waals surface area contributed by atoms with Gasteiger partial charge in [0.15, 0.2) is 0 Å². The van der Waals surface area contributed by atoms with Crippen LogP contribution in [-0.2, 0) is 4.74 Å². The van der Waals surface area contributed by atoms with E-state index in [-0.39, 0.29) is 12.6 Å². The molecule has 0 saturated heterocycles. The van der Waals surface area contributed by atoms with E-state index in [1.165, 1.54) is 12.0 Å². The lowest BCUT2D eigenvalue weighted by Crippen LogP contribution is -2.59. The van der Waals surface area contributed by atoms with Gasteiger partial charge in [-0.2, -0.15) is 13.2 Å². The number of methoxy groups -OCH3 is 1. The number of halogens is 3. The van der Waals surface area contributed by atoms with Crippen LogP contribution in [-0.4, -0.2) is 49.5 Å². The summed E-state index contributed by atoms with van der Waals surface area (Å²) >= 11 is 0. The van der Waals surface area contributed by atoms with E-state index in [9.17, 15) is 13.2 Å². The van der Waals surface area contributed by atoms with Crippen LogP contribution in [0.2, 0.25) is 0 Å². The third-order valence-electron chi connectivity index (χ3n) is 2.91. The summed E-state index contributed by atoms with van der Waals surface area (Å²) in [5, 5.41) is 0. The van der Waals surface area contributed by atoms with Gasteiger partial charge in [-0.1, -0.05) is 13.8 Å². The fourth-order valence-electron chi connectivity index (χ4n) is 2.02. The summed E-state index contributed by atoms with van der Waals surface area (Å²) in [6.07, 6.45) is -4.02. The Kier molecular flexibility index (Phi) is 7.04. The highest BCUT2D eigenvalue weighted by atomic mass is 19.4. The Morgan fingerprint density at radius 3 is 2.12 bits per heavy atom. The molecule has 0 bridgehead atoms. The largest absolute Gasteiger partial charge is 0.405 e. The first-order valence-corrected chi connectivity index (χ1v) is 5.86. The molecule has 0 aliphatic rings. The standard InChI is InChI=1S/C11H23F3N2O/c1-5-9(15)10(11(12,13)14)16(6-2)8(3)7-17-4/h8-10H,5-7,15H2,1-4H3. The summed E-state index contributed by atoms with van der Waals surface area (Å²) in [5.74, 6) is 0. The first-order chi connectivity index (χ1) is 7.79. The number of nitrogens with zero attached hydrogens (tertiary/aromatic N) is 1. The van der Waals surface area contributed by atoms with Crippen LogP contribution in [0.25, 0.3) is 0 Å². The van der Waals surface area contributed by atoms with Crippen molar-refractivity contribution in [1.82, 2.24) is 4.90 Å². The van der Waals surface area contributed by atoms with Crippen LogP contribution in [0.15, 0.2) is 0 Å². The fraction of sp³-hybridized carbons (Fsp3) is 1.00. The number of nitrogens with two attached hydrogens (primary N) is 1. The molecule has 0 rings (SSSR count). The maximum Gasteiger partial charge on any atom is 0.405 e. The van der Waals surface area contributed by atoms with E-state index in [2.05, 4.69) is 0 Å². The van der Waals surface area contributed by atoms with Gasteiger partial charge in [-0.15, -0.1) is 0 Å². The molecule has 104 valence electrons. The van der Waals surface area contributed by atoms with Crippen LogP contribution in [0.3, 0.4) is 0 Å². The first kappa shape index (κ1) is 16.7. The highest BCUT2D eigenvalue weighted by molar-refractivity contribution is 4.89. The molecule has 2 N–H and O–H groups in total. The van der Waals surface area contributed by atoms with Crippen molar-refractivity contribution in [3.05, 3.63) is 0 Å². The molecule has 3 unspecified atom stereocenters. The summed E-state index contributed by atoms with van der Waals surface area (Å²) in [4.78, 5) is 1.36. The molecule has 0 radical (unpaired) electrons. The van der Waals surface area contributed by atoms with Gasteiger partial charge in [-0.25, -0.2) is 0 Å². The predicted molar refractivity (Wildman–Crippen MR) is 61.8 cm³/mol. The van der Waals surface area contributed by atoms with Gasteiger partial charge >= 0.3 is 6.18 Å². The summed E-state index contributed by atoms with van der Waals surface area (Å²) in [7, 11) is 1.48. The Balaban J connectivity index is 4.98. The molecule has 0 aromatic rings. The van der Waals surface area contributed by atoms with Crippen molar-refractivity contribution in [2.45, 2.75) is 51.5 Å². The Labute approximate surface area is 101 Å². The molecule has 0 aliphatic carbocycles. The molecule has 3 atom stereocenters. The van der Waals surface area contributed by atoms with Gasteiger partial charge in [0.2, 0.25) is 0 Å². The molecule has 0 heterocycles. The normalized spacial score (nSPS) is 18.2. The highest BCUT2D eigenvalue weighted by Crippen LogP contribution is 2.29. The minimum Gasteiger partial charge on any atom is -0.383 e. The Morgan fingerprint density at radius 2 is 1.82 bits per heavy atom. The van der Waals surface area contributed by atoms with Gasteiger partial charge in [0.05, 0.1) is 6.61 Å². The lowest BCUT2D eigenvalue weighted by Gasteiger charge is -2.39. The van der Waals surface area contributed by atoms with Crippen molar-refractivity contribution >= 4 is 0 Å². The summed E-state index contributed by atoms with van der Waals surface area (Å²) < 4.78 is 44.0. The average Bonchev–Trinajstić information content (AvgIpc) is 2.23. The van der Waals surface area contributed by atoms with Crippen molar-refractivity contribution in [3.8, 4) is 0 Å². The maximum atomic E-state index is 13.0.